The fourth-order valence-corrected chi connectivity index (χ4v) is 2.25. The van der Waals surface area contributed by atoms with Gasteiger partial charge in [-0.2, -0.15) is 10.3 Å². The van der Waals surface area contributed by atoms with Gasteiger partial charge in [-0.3, -0.25) is 9.48 Å². The third-order valence-corrected chi connectivity index (χ3v) is 3.57. The van der Waals surface area contributed by atoms with E-state index in [2.05, 4.69) is 31.0 Å². The summed E-state index contributed by atoms with van der Waals surface area (Å²) in [6, 6.07) is 8.86. The Morgan fingerprint density at radius 1 is 1.32 bits per heavy atom. The van der Waals surface area contributed by atoms with Crippen LogP contribution in [0.5, 0.6) is 11.8 Å². The fourth-order valence-electron chi connectivity index (χ4n) is 2.25. The average Bonchev–Trinajstić information content (AvgIpc) is 3.25. The number of tetrazole rings is 1. The number of rotatable bonds is 6. The number of aromatic nitrogens is 6. The molecule has 130 valence electrons. The van der Waals surface area contributed by atoms with E-state index in [1.807, 2.05) is 26.8 Å². The summed E-state index contributed by atoms with van der Waals surface area (Å²) < 4.78 is 7.09. The number of hydrogen-bond donors (Lipinski definition) is 2. The molecule has 0 aliphatic carbocycles. The molecule has 0 bridgehead atoms. The smallest absolute Gasteiger partial charge is 0.361 e. The Balaban J connectivity index is 1.70. The van der Waals surface area contributed by atoms with E-state index >= 15 is 0 Å². The molecule has 0 radical (unpaired) electrons. The molecule has 2 aromatic heterocycles. The Labute approximate surface area is 144 Å². The number of amides is 1. The second kappa shape index (κ2) is 7.12. The summed E-state index contributed by atoms with van der Waals surface area (Å²) in [6.45, 7) is 6.68. The number of nitrogens with zero attached hydrogens (tertiary/aromatic N) is 5. The van der Waals surface area contributed by atoms with Gasteiger partial charge in [0, 0.05) is 12.2 Å². The number of benzene rings is 1. The van der Waals surface area contributed by atoms with Gasteiger partial charge in [-0.15, -0.1) is 0 Å². The van der Waals surface area contributed by atoms with Crippen LogP contribution in [0.2, 0.25) is 0 Å². The van der Waals surface area contributed by atoms with Crippen molar-refractivity contribution in [3.63, 3.8) is 0 Å². The zero-order valence-corrected chi connectivity index (χ0v) is 14.2. The van der Waals surface area contributed by atoms with E-state index in [9.17, 15) is 4.79 Å². The molecule has 25 heavy (non-hydrogen) atoms. The molecule has 1 aromatic carbocycles. The van der Waals surface area contributed by atoms with Gasteiger partial charge in [0.1, 0.15) is 11.4 Å². The van der Waals surface area contributed by atoms with Crippen LogP contribution < -0.4 is 10.1 Å². The van der Waals surface area contributed by atoms with Crippen LogP contribution in [0.25, 0.3) is 0 Å². The van der Waals surface area contributed by atoms with E-state index in [-0.39, 0.29) is 17.8 Å². The van der Waals surface area contributed by atoms with Crippen LogP contribution in [0, 0.1) is 0 Å². The molecule has 0 fully saturated rings. The van der Waals surface area contributed by atoms with Gasteiger partial charge in [0.15, 0.2) is 0 Å². The van der Waals surface area contributed by atoms with Crippen LogP contribution in [0.3, 0.4) is 0 Å². The third kappa shape index (κ3) is 3.82. The fraction of sp³-hybridized carbons (Fsp3) is 0.312. The molecule has 0 saturated heterocycles. The first-order valence-electron chi connectivity index (χ1n) is 7.97. The number of aryl methyl sites for hydroxylation is 1. The van der Waals surface area contributed by atoms with E-state index in [1.54, 1.807) is 28.9 Å². The Morgan fingerprint density at radius 2 is 2.08 bits per heavy atom. The monoisotopic (exact) mass is 341 g/mol. The molecule has 0 aliphatic rings. The molecule has 2 heterocycles. The summed E-state index contributed by atoms with van der Waals surface area (Å²) in [5.74, 6) is 0.606. The largest absolute Gasteiger partial charge is 0.422 e. The van der Waals surface area contributed by atoms with Crippen molar-refractivity contribution in [1.82, 2.24) is 30.4 Å². The summed E-state index contributed by atoms with van der Waals surface area (Å²) in [7, 11) is 0. The topological polar surface area (TPSA) is 111 Å². The Hall–Kier alpha value is -3.23. The van der Waals surface area contributed by atoms with Crippen molar-refractivity contribution in [3.8, 4) is 11.8 Å². The number of carbonyl (C=O) groups is 1. The second-order valence-electron chi connectivity index (χ2n) is 5.70. The molecular formula is C16H19N7O2. The van der Waals surface area contributed by atoms with Crippen LogP contribution in [0.15, 0.2) is 30.3 Å². The van der Waals surface area contributed by atoms with E-state index < -0.39 is 0 Å². The van der Waals surface area contributed by atoms with Crippen LogP contribution >= 0.6 is 0 Å². The number of anilines is 1. The van der Waals surface area contributed by atoms with Gasteiger partial charge >= 0.3 is 6.01 Å². The molecule has 9 heteroatoms. The number of ether oxygens (including phenoxy) is 1. The predicted octanol–water partition coefficient (Wildman–Crippen LogP) is 2.58. The lowest BCUT2D eigenvalue weighted by Gasteiger charge is -2.07. The van der Waals surface area contributed by atoms with Gasteiger partial charge in [-0.25, -0.2) is 0 Å². The predicted molar refractivity (Wildman–Crippen MR) is 90.6 cm³/mol. The standard InChI is InChI=1S/C16H19N7O2/c1-4-23-14(9-13(20-23)10(2)3)15(24)17-11-5-7-12(8-6-11)25-16-18-21-22-19-16/h5-10H,4H2,1-3H3,(H,17,24)(H,18,19,21,22). The summed E-state index contributed by atoms with van der Waals surface area (Å²) >= 11 is 0. The van der Waals surface area contributed by atoms with E-state index in [1.165, 1.54) is 0 Å². The molecule has 0 atom stereocenters. The average molecular weight is 341 g/mol. The van der Waals surface area contributed by atoms with Crippen molar-refractivity contribution in [2.24, 2.45) is 0 Å². The van der Waals surface area contributed by atoms with Gasteiger partial charge in [0.05, 0.1) is 5.69 Å². The van der Waals surface area contributed by atoms with Gasteiger partial charge in [-0.1, -0.05) is 24.0 Å². The zero-order chi connectivity index (χ0) is 17.8. The van der Waals surface area contributed by atoms with Crippen molar-refractivity contribution in [2.75, 3.05) is 5.32 Å². The molecule has 3 aromatic rings. The lowest BCUT2D eigenvalue weighted by molar-refractivity contribution is 0.101. The molecule has 1 amide bonds. The van der Waals surface area contributed by atoms with Crippen LogP contribution in [0.4, 0.5) is 5.69 Å². The summed E-state index contributed by atoms with van der Waals surface area (Å²) in [5, 5.41) is 20.5. The van der Waals surface area contributed by atoms with Crippen molar-refractivity contribution in [2.45, 2.75) is 33.2 Å². The van der Waals surface area contributed by atoms with Crippen LogP contribution in [0.1, 0.15) is 42.9 Å². The number of aromatic amines is 1. The number of nitrogens with one attached hydrogen (secondary N) is 2. The van der Waals surface area contributed by atoms with Crippen molar-refractivity contribution in [1.29, 1.82) is 0 Å². The van der Waals surface area contributed by atoms with E-state index in [0.29, 0.717) is 23.7 Å². The minimum atomic E-state index is -0.201. The molecule has 0 unspecified atom stereocenters. The maximum Gasteiger partial charge on any atom is 0.361 e. The zero-order valence-electron chi connectivity index (χ0n) is 14.2. The Kier molecular flexibility index (Phi) is 4.73. The highest BCUT2D eigenvalue weighted by atomic mass is 16.5. The highest BCUT2D eigenvalue weighted by Gasteiger charge is 2.16. The quantitative estimate of drug-likeness (QED) is 0.713. The molecular weight excluding hydrogens is 322 g/mol. The molecule has 2 N–H and O–H groups in total. The molecule has 3 rings (SSSR count). The minimum absolute atomic E-state index is 0.129. The van der Waals surface area contributed by atoms with Crippen molar-refractivity contribution < 1.29 is 9.53 Å². The maximum absolute atomic E-state index is 12.5. The summed E-state index contributed by atoms with van der Waals surface area (Å²) in [4.78, 5) is 12.5. The summed E-state index contributed by atoms with van der Waals surface area (Å²) in [5.41, 5.74) is 2.09. The highest BCUT2D eigenvalue weighted by Crippen LogP contribution is 2.21. The lowest BCUT2D eigenvalue weighted by Crippen LogP contribution is -2.17. The number of H-pyrrole nitrogens is 1. The van der Waals surface area contributed by atoms with Gasteiger partial charge < -0.3 is 10.1 Å². The van der Waals surface area contributed by atoms with E-state index in [0.717, 1.165) is 5.69 Å². The van der Waals surface area contributed by atoms with E-state index in [4.69, 9.17) is 4.74 Å². The summed E-state index contributed by atoms with van der Waals surface area (Å²) in [6.07, 6.45) is 0. The Bertz CT molecular complexity index is 838. The molecule has 0 saturated carbocycles. The normalized spacial score (nSPS) is 10.9. The molecule has 9 nitrogen and oxygen atoms in total. The number of hydrogen-bond acceptors (Lipinski definition) is 6. The van der Waals surface area contributed by atoms with Gasteiger partial charge in [0.2, 0.25) is 0 Å². The third-order valence-electron chi connectivity index (χ3n) is 3.57. The first kappa shape index (κ1) is 16.6. The first-order valence-corrected chi connectivity index (χ1v) is 7.97. The van der Waals surface area contributed by atoms with Crippen molar-refractivity contribution in [3.05, 3.63) is 41.7 Å². The van der Waals surface area contributed by atoms with Gasteiger partial charge in [-0.05, 0) is 48.4 Å². The first-order chi connectivity index (χ1) is 12.1. The molecule has 0 spiro atoms. The van der Waals surface area contributed by atoms with Gasteiger partial charge in [0.25, 0.3) is 5.91 Å². The minimum Gasteiger partial charge on any atom is -0.422 e. The van der Waals surface area contributed by atoms with Crippen molar-refractivity contribution >= 4 is 11.6 Å². The SMILES string of the molecule is CCn1nc(C(C)C)cc1C(=O)Nc1ccc(Oc2nn[nH]n2)cc1. The molecule has 0 aliphatic heterocycles. The highest BCUT2D eigenvalue weighted by molar-refractivity contribution is 6.03. The van der Waals surface area contributed by atoms with Crippen LogP contribution in [-0.2, 0) is 6.54 Å². The second-order valence-corrected chi connectivity index (χ2v) is 5.70. The lowest BCUT2D eigenvalue weighted by atomic mass is 10.1. The Morgan fingerprint density at radius 3 is 2.68 bits per heavy atom. The maximum atomic E-state index is 12.5. The number of carbonyl (C=O) groups excluding carboxylic acids is 1. The van der Waals surface area contributed by atoms with Crippen LogP contribution in [-0.4, -0.2) is 36.3 Å².